The molecule has 0 aliphatic heterocycles. The van der Waals surface area contributed by atoms with E-state index in [-0.39, 0.29) is 11.7 Å². The monoisotopic (exact) mass is 196 g/mol. The quantitative estimate of drug-likeness (QED) is 0.702. The molecule has 80 valence electrons. The van der Waals surface area contributed by atoms with Gasteiger partial charge in [0.2, 0.25) is 0 Å². The van der Waals surface area contributed by atoms with Crippen LogP contribution in [0.2, 0.25) is 0 Å². The van der Waals surface area contributed by atoms with Gasteiger partial charge in [0.25, 0.3) is 0 Å². The number of methoxy groups -OCH3 is 1. The van der Waals surface area contributed by atoms with E-state index in [1.165, 1.54) is 19.3 Å². The molecule has 0 saturated heterocycles. The first-order valence-electron chi connectivity index (χ1n) is 5.62. The Morgan fingerprint density at radius 2 is 2.00 bits per heavy atom. The molecule has 2 atom stereocenters. The third-order valence-corrected chi connectivity index (χ3v) is 3.89. The molecule has 14 heavy (non-hydrogen) atoms. The summed E-state index contributed by atoms with van der Waals surface area (Å²) in [5, 5.41) is 10.2. The molecule has 2 heteroatoms. The highest BCUT2D eigenvalue weighted by Crippen LogP contribution is 2.50. The van der Waals surface area contributed by atoms with Crippen LogP contribution >= 0.6 is 0 Å². The van der Waals surface area contributed by atoms with Crippen molar-refractivity contribution in [2.24, 2.45) is 5.92 Å². The molecule has 0 unspecified atom stereocenters. The summed E-state index contributed by atoms with van der Waals surface area (Å²) in [7, 11) is 1.68. The summed E-state index contributed by atoms with van der Waals surface area (Å²) in [6, 6.07) is 0. The Hall–Kier alpha value is -0.340. The minimum atomic E-state index is -0.373. The summed E-state index contributed by atoms with van der Waals surface area (Å²) >= 11 is 0. The standard InChI is InChI=1S/C12H20O2/c1-9-8-12(9,14-2)11(13)10-6-4-3-5-7-10/h10-11,13H,1,3-8H2,2H3/t11-,12+/m1/s1. The Morgan fingerprint density at radius 3 is 2.43 bits per heavy atom. The van der Waals surface area contributed by atoms with Crippen LogP contribution in [0.15, 0.2) is 12.2 Å². The number of hydrogen-bond acceptors (Lipinski definition) is 2. The van der Waals surface area contributed by atoms with Crippen molar-refractivity contribution in [2.45, 2.75) is 50.2 Å². The first-order valence-corrected chi connectivity index (χ1v) is 5.62. The van der Waals surface area contributed by atoms with Crippen molar-refractivity contribution < 1.29 is 9.84 Å². The molecule has 2 aliphatic rings. The fraction of sp³-hybridized carbons (Fsp3) is 0.833. The molecule has 0 spiro atoms. The third-order valence-electron chi connectivity index (χ3n) is 3.89. The van der Waals surface area contributed by atoms with Gasteiger partial charge in [-0.2, -0.15) is 0 Å². The first-order chi connectivity index (χ1) is 6.70. The lowest BCUT2D eigenvalue weighted by Crippen LogP contribution is -2.38. The highest BCUT2D eigenvalue weighted by molar-refractivity contribution is 5.36. The predicted molar refractivity (Wildman–Crippen MR) is 56.1 cm³/mol. The lowest BCUT2D eigenvalue weighted by Gasteiger charge is -2.31. The van der Waals surface area contributed by atoms with E-state index in [9.17, 15) is 5.11 Å². The van der Waals surface area contributed by atoms with Crippen molar-refractivity contribution in [1.82, 2.24) is 0 Å². The Labute approximate surface area is 86.0 Å². The van der Waals surface area contributed by atoms with Gasteiger partial charge >= 0.3 is 0 Å². The second-order valence-corrected chi connectivity index (χ2v) is 4.72. The normalized spacial score (nSPS) is 35.7. The van der Waals surface area contributed by atoms with Crippen LogP contribution in [0.1, 0.15) is 38.5 Å². The number of ether oxygens (including phenoxy) is 1. The SMILES string of the molecule is C=C1C[C@@]1(OC)[C@H](O)C1CCCCC1. The van der Waals surface area contributed by atoms with E-state index in [1.807, 2.05) is 0 Å². The zero-order chi connectivity index (χ0) is 10.2. The molecule has 2 saturated carbocycles. The maximum atomic E-state index is 10.2. The van der Waals surface area contributed by atoms with Crippen LogP contribution in [-0.4, -0.2) is 23.9 Å². The fourth-order valence-corrected chi connectivity index (χ4v) is 2.75. The Kier molecular flexibility index (Phi) is 2.67. The van der Waals surface area contributed by atoms with Crippen LogP contribution in [0.3, 0.4) is 0 Å². The van der Waals surface area contributed by atoms with E-state index in [2.05, 4.69) is 6.58 Å². The summed E-state index contributed by atoms with van der Waals surface area (Å²) in [4.78, 5) is 0. The highest BCUT2D eigenvalue weighted by Gasteiger charge is 2.55. The van der Waals surface area contributed by atoms with Gasteiger partial charge in [-0.3, -0.25) is 0 Å². The molecule has 2 nitrogen and oxygen atoms in total. The average molecular weight is 196 g/mol. The second-order valence-electron chi connectivity index (χ2n) is 4.72. The Bertz CT molecular complexity index is 230. The maximum absolute atomic E-state index is 10.2. The summed E-state index contributed by atoms with van der Waals surface area (Å²) in [5.41, 5.74) is 0.695. The molecule has 0 heterocycles. The predicted octanol–water partition coefficient (Wildman–Crippen LogP) is 2.27. The zero-order valence-electron chi connectivity index (χ0n) is 8.96. The van der Waals surface area contributed by atoms with Gasteiger partial charge in [-0.25, -0.2) is 0 Å². The Morgan fingerprint density at radius 1 is 1.43 bits per heavy atom. The molecule has 0 bridgehead atoms. The van der Waals surface area contributed by atoms with Crippen molar-refractivity contribution in [3.63, 3.8) is 0 Å². The molecular formula is C12H20O2. The van der Waals surface area contributed by atoms with Crippen LogP contribution in [-0.2, 0) is 4.74 Å². The van der Waals surface area contributed by atoms with Crippen molar-refractivity contribution in [3.05, 3.63) is 12.2 Å². The molecule has 0 radical (unpaired) electrons. The minimum absolute atomic E-state index is 0.319. The smallest absolute Gasteiger partial charge is 0.118 e. The number of aliphatic hydroxyl groups is 1. The van der Waals surface area contributed by atoms with Gasteiger partial charge in [0.15, 0.2) is 0 Å². The number of rotatable bonds is 3. The van der Waals surface area contributed by atoms with Crippen LogP contribution in [0, 0.1) is 5.92 Å². The van der Waals surface area contributed by atoms with Gasteiger partial charge in [-0.1, -0.05) is 25.8 Å². The molecule has 0 amide bonds. The fourth-order valence-electron chi connectivity index (χ4n) is 2.75. The third kappa shape index (κ3) is 1.51. The molecule has 0 aromatic heterocycles. The van der Waals surface area contributed by atoms with Crippen molar-refractivity contribution >= 4 is 0 Å². The van der Waals surface area contributed by atoms with E-state index >= 15 is 0 Å². The molecular weight excluding hydrogens is 176 g/mol. The van der Waals surface area contributed by atoms with Crippen molar-refractivity contribution in [1.29, 1.82) is 0 Å². The number of aliphatic hydroxyl groups excluding tert-OH is 1. The minimum Gasteiger partial charge on any atom is -0.389 e. The van der Waals surface area contributed by atoms with Crippen molar-refractivity contribution in [2.75, 3.05) is 7.11 Å². The second kappa shape index (κ2) is 3.67. The summed E-state index contributed by atoms with van der Waals surface area (Å²) < 4.78 is 5.43. The van der Waals surface area contributed by atoms with Crippen molar-refractivity contribution in [3.8, 4) is 0 Å². The molecule has 2 rings (SSSR count). The van der Waals surface area contributed by atoms with Gasteiger partial charge in [-0.15, -0.1) is 0 Å². The lowest BCUT2D eigenvalue weighted by atomic mass is 9.82. The summed E-state index contributed by atoms with van der Waals surface area (Å²) in [6.45, 7) is 3.92. The topological polar surface area (TPSA) is 29.5 Å². The maximum Gasteiger partial charge on any atom is 0.118 e. The van der Waals surface area contributed by atoms with Gasteiger partial charge in [0.05, 0.1) is 6.10 Å². The van der Waals surface area contributed by atoms with E-state index in [0.29, 0.717) is 5.92 Å². The van der Waals surface area contributed by atoms with Crippen LogP contribution < -0.4 is 0 Å². The lowest BCUT2D eigenvalue weighted by molar-refractivity contribution is -0.0587. The Balaban J connectivity index is 1.99. The van der Waals surface area contributed by atoms with Gasteiger partial charge in [0, 0.05) is 13.5 Å². The summed E-state index contributed by atoms with van der Waals surface area (Å²) in [6.07, 6.45) is 6.67. The first kappa shape index (κ1) is 10.2. The zero-order valence-corrected chi connectivity index (χ0v) is 8.96. The summed E-state index contributed by atoms with van der Waals surface area (Å²) in [5.74, 6) is 0.433. The van der Waals surface area contributed by atoms with E-state index in [1.54, 1.807) is 7.11 Å². The van der Waals surface area contributed by atoms with Crippen LogP contribution in [0.25, 0.3) is 0 Å². The molecule has 0 aromatic carbocycles. The van der Waals surface area contributed by atoms with Gasteiger partial charge in [-0.05, 0) is 24.3 Å². The average Bonchev–Trinajstić information content (AvgIpc) is 2.91. The molecule has 0 aromatic rings. The molecule has 2 aliphatic carbocycles. The van der Waals surface area contributed by atoms with Crippen LogP contribution in [0.4, 0.5) is 0 Å². The van der Waals surface area contributed by atoms with E-state index < -0.39 is 0 Å². The van der Waals surface area contributed by atoms with Gasteiger partial charge in [0.1, 0.15) is 5.60 Å². The molecule has 1 N–H and O–H groups in total. The van der Waals surface area contributed by atoms with E-state index in [0.717, 1.165) is 24.8 Å². The van der Waals surface area contributed by atoms with E-state index in [4.69, 9.17) is 4.74 Å². The number of hydrogen-bond donors (Lipinski definition) is 1. The highest BCUT2D eigenvalue weighted by atomic mass is 16.5. The molecule has 2 fully saturated rings. The van der Waals surface area contributed by atoms with Gasteiger partial charge < -0.3 is 9.84 Å². The largest absolute Gasteiger partial charge is 0.389 e. The van der Waals surface area contributed by atoms with Crippen LogP contribution in [0.5, 0.6) is 0 Å².